The van der Waals surface area contributed by atoms with Crippen molar-refractivity contribution < 1.29 is 9.69 Å². The third kappa shape index (κ3) is 5.07. The lowest BCUT2D eigenvalue weighted by molar-refractivity contribution is -0.921. The maximum Gasteiger partial charge on any atom is 0.152 e. The topological polar surface area (TPSA) is 49.7 Å². The quantitative estimate of drug-likeness (QED) is 0.406. The maximum atomic E-state index is 8.11. The van der Waals surface area contributed by atoms with Crippen molar-refractivity contribution in [1.82, 2.24) is 0 Å². The molecular formula is C8H21N2O2+. The molecule has 4 heteroatoms. The summed E-state index contributed by atoms with van der Waals surface area (Å²) in [6.07, 6.45) is 0. The lowest BCUT2D eigenvalue weighted by atomic mass is 10.3. The first-order chi connectivity index (χ1) is 5.66. The molecular weight excluding hydrogens is 156 g/mol. The lowest BCUT2D eigenvalue weighted by Crippen LogP contribution is -2.47. The summed E-state index contributed by atoms with van der Waals surface area (Å²) in [7, 11) is 0. The number of nitrogens with zero attached hydrogens (tertiary/aromatic N) is 2. The van der Waals surface area contributed by atoms with E-state index in [2.05, 4.69) is 27.7 Å². The van der Waals surface area contributed by atoms with Crippen LogP contribution in [0.3, 0.4) is 0 Å². The average Bonchev–Trinajstić information content (AvgIpc) is 2.11. The van der Waals surface area contributed by atoms with Gasteiger partial charge in [-0.05, 0) is 27.7 Å². The van der Waals surface area contributed by atoms with Gasteiger partial charge in [0, 0.05) is 0 Å². The number of quaternary nitrogens is 1. The predicted molar refractivity (Wildman–Crippen MR) is 50.0 cm³/mol. The molecule has 0 heterocycles. The fourth-order valence-corrected chi connectivity index (χ4v) is 1.34. The third-order valence-corrected chi connectivity index (χ3v) is 2.68. The van der Waals surface area contributed by atoms with Gasteiger partial charge in [-0.1, -0.05) is 0 Å². The zero-order valence-electron chi connectivity index (χ0n) is 8.58. The molecule has 0 aliphatic carbocycles. The first kappa shape index (κ1) is 13.9. The zero-order valence-corrected chi connectivity index (χ0v) is 8.58. The second-order valence-corrected chi connectivity index (χ2v) is 2.69. The van der Waals surface area contributed by atoms with E-state index in [4.69, 9.17) is 10.1 Å². The van der Waals surface area contributed by atoms with E-state index in [9.17, 15) is 0 Å². The van der Waals surface area contributed by atoms with Crippen LogP contribution in [0.4, 0.5) is 0 Å². The van der Waals surface area contributed by atoms with Crippen LogP contribution in [0.15, 0.2) is 5.34 Å². The first-order valence-corrected chi connectivity index (χ1v) is 4.48. The molecule has 0 bridgehead atoms. The van der Waals surface area contributed by atoms with Crippen molar-refractivity contribution in [2.45, 2.75) is 27.7 Å². The van der Waals surface area contributed by atoms with Crippen molar-refractivity contribution in [3.63, 3.8) is 0 Å². The SMILES string of the molecule is CC[N+](CC)(CC)CC.O=NO. The van der Waals surface area contributed by atoms with Crippen LogP contribution in [0.5, 0.6) is 0 Å². The first-order valence-electron chi connectivity index (χ1n) is 4.48. The standard InChI is InChI=1S/C8H20N.HNO2/c1-5-9(6-2,7-3)8-4;2-1-3/h5-8H2,1-4H3;(H,2,3)/q+1;. The molecule has 0 saturated carbocycles. The van der Waals surface area contributed by atoms with E-state index in [1.165, 1.54) is 36.0 Å². The Morgan fingerprint density at radius 2 is 1.17 bits per heavy atom. The van der Waals surface area contributed by atoms with Gasteiger partial charge in [-0.15, -0.1) is 4.91 Å². The smallest absolute Gasteiger partial charge is 0.152 e. The van der Waals surface area contributed by atoms with E-state index in [0.717, 1.165) is 0 Å². The highest BCUT2D eigenvalue weighted by atomic mass is 16.6. The summed E-state index contributed by atoms with van der Waals surface area (Å²) in [6, 6.07) is 0. The highest BCUT2D eigenvalue weighted by Crippen LogP contribution is 2.03. The summed E-state index contributed by atoms with van der Waals surface area (Å²) in [5, 5.41) is 7.89. The van der Waals surface area contributed by atoms with Gasteiger partial charge in [-0.25, -0.2) is 0 Å². The molecule has 0 spiro atoms. The van der Waals surface area contributed by atoms with Crippen LogP contribution < -0.4 is 0 Å². The molecule has 0 saturated heterocycles. The average molecular weight is 177 g/mol. The van der Waals surface area contributed by atoms with E-state index in [1.807, 2.05) is 0 Å². The van der Waals surface area contributed by atoms with Gasteiger partial charge in [0.25, 0.3) is 0 Å². The van der Waals surface area contributed by atoms with Crippen molar-refractivity contribution in [3.8, 4) is 0 Å². The minimum Gasteiger partial charge on any atom is -0.379 e. The van der Waals surface area contributed by atoms with E-state index in [1.54, 1.807) is 0 Å². The van der Waals surface area contributed by atoms with Gasteiger partial charge in [0.1, 0.15) is 0 Å². The molecule has 0 fully saturated rings. The molecule has 0 aromatic heterocycles. The van der Waals surface area contributed by atoms with Gasteiger partial charge in [0.15, 0.2) is 5.34 Å². The molecule has 0 unspecified atom stereocenters. The van der Waals surface area contributed by atoms with E-state index < -0.39 is 0 Å². The fourth-order valence-electron chi connectivity index (χ4n) is 1.34. The molecule has 12 heavy (non-hydrogen) atoms. The molecule has 0 atom stereocenters. The summed E-state index contributed by atoms with van der Waals surface area (Å²) in [5.74, 6) is 0. The second-order valence-electron chi connectivity index (χ2n) is 2.69. The van der Waals surface area contributed by atoms with Crippen molar-refractivity contribution in [1.29, 1.82) is 0 Å². The normalized spacial score (nSPS) is 10.0. The summed E-state index contributed by atoms with van der Waals surface area (Å²) >= 11 is 0. The van der Waals surface area contributed by atoms with Crippen molar-refractivity contribution >= 4 is 0 Å². The molecule has 0 rings (SSSR count). The molecule has 74 valence electrons. The summed E-state index contributed by atoms with van der Waals surface area (Å²) in [4.78, 5) is 8.11. The third-order valence-electron chi connectivity index (χ3n) is 2.68. The Morgan fingerprint density at radius 3 is 1.17 bits per heavy atom. The second kappa shape index (κ2) is 8.46. The molecule has 0 aliphatic rings. The Bertz CT molecular complexity index is 85.7. The molecule has 1 N–H and O–H groups in total. The predicted octanol–water partition coefficient (Wildman–Crippen LogP) is 2.02. The molecule has 0 amide bonds. The van der Waals surface area contributed by atoms with Crippen LogP contribution in [-0.4, -0.2) is 35.9 Å². The van der Waals surface area contributed by atoms with Crippen LogP contribution in [-0.2, 0) is 0 Å². The highest BCUT2D eigenvalue weighted by Gasteiger charge is 2.16. The minimum atomic E-state index is 1.25. The van der Waals surface area contributed by atoms with Crippen LogP contribution in [0, 0.1) is 4.91 Å². The van der Waals surface area contributed by atoms with Gasteiger partial charge >= 0.3 is 0 Å². The van der Waals surface area contributed by atoms with Crippen LogP contribution >= 0.6 is 0 Å². The molecule has 4 nitrogen and oxygen atoms in total. The van der Waals surface area contributed by atoms with Gasteiger partial charge in [-0.2, -0.15) is 0 Å². The monoisotopic (exact) mass is 177 g/mol. The molecule has 0 aliphatic heterocycles. The maximum absolute atomic E-state index is 8.11. The van der Waals surface area contributed by atoms with Crippen LogP contribution in [0.1, 0.15) is 27.7 Å². The highest BCUT2D eigenvalue weighted by molar-refractivity contribution is 4.31. The van der Waals surface area contributed by atoms with Crippen LogP contribution in [0.2, 0.25) is 0 Å². The van der Waals surface area contributed by atoms with E-state index in [0.29, 0.717) is 0 Å². The number of hydrogen-bond acceptors (Lipinski definition) is 2. The fraction of sp³-hybridized carbons (Fsp3) is 1.00. The van der Waals surface area contributed by atoms with Gasteiger partial charge in [0.05, 0.1) is 26.2 Å². The van der Waals surface area contributed by atoms with Gasteiger partial charge in [-0.3, -0.25) is 0 Å². The zero-order chi connectivity index (χ0) is 10.0. The Hall–Kier alpha value is -0.640. The summed E-state index contributed by atoms with van der Waals surface area (Å²) < 4.78 is 1.28. The van der Waals surface area contributed by atoms with Crippen molar-refractivity contribution in [2.24, 2.45) is 5.34 Å². The Morgan fingerprint density at radius 1 is 1.00 bits per heavy atom. The molecule has 0 aromatic rings. The largest absolute Gasteiger partial charge is 0.379 e. The van der Waals surface area contributed by atoms with E-state index in [-0.39, 0.29) is 0 Å². The summed E-state index contributed by atoms with van der Waals surface area (Å²) in [5.41, 5.74) is 0. The van der Waals surface area contributed by atoms with E-state index >= 15 is 0 Å². The number of rotatable bonds is 4. The van der Waals surface area contributed by atoms with Gasteiger partial charge < -0.3 is 9.69 Å². The van der Waals surface area contributed by atoms with Crippen molar-refractivity contribution in [2.75, 3.05) is 26.2 Å². The Balaban J connectivity index is 0. The van der Waals surface area contributed by atoms with Gasteiger partial charge in [0.2, 0.25) is 0 Å². The minimum absolute atomic E-state index is 1.25. The van der Waals surface area contributed by atoms with Crippen LogP contribution in [0.25, 0.3) is 0 Å². The Labute approximate surface area is 74.7 Å². The lowest BCUT2D eigenvalue weighted by Gasteiger charge is -2.34. The molecule has 0 aromatic carbocycles. The Kier molecular flexibility index (Phi) is 9.81. The summed E-state index contributed by atoms with van der Waals surface area (Å²) in [6.45, 7) is 14.2. The molecule has 0 radical (unpaired) electrons. The van der Waals surface area contributed by atoms with Crippen molar-refractivity contribution in [3.05, 3.63) is 4.91 Å². The number of hydrogen-bond donors (Lipinski definition) is 1.